The third-order valence-corrected chi connectivity index (χ3v) is 13.8. The van der Waals surface area contributed by atoms with Crippen LogP contribution in [-0.4, -0.2) is 88.7 Å². The molecule has 0 radical (unpaired) electrons. The second-order valence-corrected chi connectivity index (χ2v) is 18.9. The van der Waals surface area contributed by atoms with Gasteiger partial charge >= 0.3 is 24.2 Å². The highest BCUT2D eigenvalue weighted by molar-refractivity contribution is 6.31. The normalized spacial score (nSPS) is 20.7. The van der Waals surface area contributed by atoms with Crippen molar-refractivity contribution in [1.82, 2.24) is 10.2 Å². The minimum absolute atomic E-state index is 0.365. The minimum atomic E-state index is -5.08. The molecule has 2 unspecified atom stereocenters. The predicted octanol–water partition coefficient (Wildman–Crippen LogP) is 11.3. The Balaban J connectivity index is 0.000000170. The zero-order chi connectivity index (χ0) is 52.0. The van der Waals surface area contributed by atoms with Crippen molar-refractivity contribution >= 4 is 98.6 Å². The first-order chi connectivity index (χ1) is 34.1. The summed E-state index contributed by atoms with van der Waals surface area (Å²) in [6, 6.07) is 40.4. The lowest BCUT2D eigenvalue weighted by Gasteiger charge is -2.56. The van der Waals surface area contributed by atoms with Gasteiger partial charge < -0.3 is 25.5 Å². The number of hydrogen-bond acceptors (Lipinski definition) is 7. The maximum absolute atomic E-state index is 14.1. The van der Waals surface area contributed by atoms with Crippen molar-refractivity contribution in [1.29, 1.82) is 0 Å². The van der Waals surface area contributed by atoms with Crippen LogP contribution in [0.25, 0.3) is 9.69 Å². The molecule has 4 amide bonds. The van der Waals surface area contributed by atoms with Gasteiger partial charge in [0.15, 0.2) is 22.8 Å². The van der Waals surface area contributed by atoms with E-state index in [2.05, 4.69) is 15.0 Å². The second-order valence-electron chi connectivity index (χ2n) is 17.1. The average molecular weight is 1060 g/mol. The maximum Gasteiger partial charge on any atom is 0.490 e. The molecule has 4 N–H and O–H groups in total. The van der Waals surface area contributed by atoms with Crippen LogP contribution in [0.4, 0.5) is 56.9 Å². The van der Waals surface area contributed by atoms with Gasteiger partial charge in [0.05, 0.1) is 13.1 Å². The summed E-state index contributed by atoms with van der Waals surface area (Å²) >= 11 is 24.4. The fraction of sp³-hybridized carbons (Fsp3) is 0.196. The summed E-state index contributed by atoms with van der Waals surface area (Å²) in [5.41, 5.74) is -1.52. The fourth-order valence-electron chi connectivity index (χ4n) is 9.60. The van der Waals surface area contributed by atoms with Crippen LogP contribution in [-0.2, 0) is 16.2 Å². The highest BCUT2D eigenvalue weighted by Crippen LogP contribution is 2.56. The van der Waals surface area contributed by atoms with Crippen LogP contribution in [0.2, 0.25) is 20.1 Å². The Morgan fingerprint density at radius 1 is 0.569 bits per heavy atom. The summed E-state index contributed by atoms with van der Waals surface area (Å²) in [5.74, 6) is -2.76. The topological polar surface area (TPSA) is 149 Å². The number of halogens is 7. The van der Waals surface area contributed by atoms with Crippen LogP contribution in [0.3, 0.4) is 0 Å². The number of likely N-dealkylation sites (tertiary alicyclic amines) is 1. The zero-order valence-electron chi connectivity index (χ0n) is 37.5. The van der Waals surface area contributed by atoms with E-state index in [1.165, 1.54) is 9.80 Å². The number of carbonyl (C=O) groups excluding carboxylic acids is 2. The van der Waals surface area contributed by atoms with E-state index in [0.29, 0.717) is 91.5 Å². The van der Waals surface area contributed by atoms with E-state index in [0.717, 1.165) is 0 Å². The molecule has 10 rings (SSSR count). The number of alkyl halides is 3. The SMILES string of the molecule is O=C(O)C(F)(F)F.[C-]#[N+]c1cccc(C2(O)N(c3ccc(Cl)cc3)C(=O)N(c3ccc(Cl)cc3)C23CN(C)C3)c1.[C-]#[N+]c1cccc(C2(O)N(c3ccc(Cl)cc3)C(=O)N(c3ccc(Cl)cc3)C23CNC3)c1. The highest BCUT2D eigenvalue weighted by Gasteiger charge is 2.73. The molecule has 4 aliphatic heterocycles. The van der Waals surface area contributed by atoms with Crippen molar-refractivity contribution in [2.24, 2.45) is 0 Å². The van der Waals surface area contributed by atoms with Gasteiger partial charge in [0.25, 0.3) is 0 Å². The summed E-state index contributed by atoms with van der Waals surface area (Å²) in [4.78, 5) is 52.1. The lowest BCUT2D eigenvalue weighted by atomic mass is 9.74. The number of rotatable bonds is 6. The van der Waals surface area contributed by atoms with Gasteiger partial charge in [0.1, 0.15) is 11.1 Å². The molecule has 6 aromatic carbocycles. The molecule has 2 spiro atoms. The molecule has 4 aliphatic rings. The first kappa shape index (κ1) is 51.5. The Labute approximate surface area is 430 Å². The smallest absolute Gasteiger partial charge is 0.475 e. The number of likely N-dealkylation sites (N-methyl/N-ethyl adjacent to an activating group) is 1. The van der Waals surface area contributed by atoms with E-state index < -0.39 is 34.7 Å². The third-order valence-electron chi connectivity index (χ3n) is 12.8. The number of carboxylic acid groups (broad SMARTS) is 1. The van der Waals surface area contributed by atoms with Crippen LogP contribution in [0, 0.1) is 13.1 Å². The standard InChI is InChI=1S/C25H20Cl2N4O2.C24H18Cl2N4O2.C2HF3O2/c1-28-20-5-3-4-17(14-20)25(33)24(15-29(2)16-24)30(21-10-6-18(26)7-11-21)23(32)31(25)22-12-8-19(27)9-13-22;1-27-19-4-2-3-16(13-19)24(32)23(14-28-15-23)29(20-9-5-17(25)6-10-20)22(31)30(24)21-11-7-18(26)8-12-21;3-2(4,5)1(6)7/h3-14,33H,15-16H2,2H3;2-13,28,32H,14-15H2;(H,6,7). The van der Waals surface area contributed by atoms with Gasteiger partial charge in [-0.15, -0.1) is 0 Å². The van der Waals surface area contributed by atoms with Crippen LogP contribution < -0.4 is 24.9 Å². The predicted molar refractivity (Wildman–Crippen MR) is 269 cm³/mol. The summed E-state index contributed by atoms with van der Waals surface area (Å²) in [7, 11) is 1.94. The van der Waals surface area contributed by atoms with Crippen molar-refractivity contribution in [3.05, 3.63) is 200 Å². The molecule has 21 heteroatoms. The highest BCUT2D eigenvalue weighted by atomic mass is 35.5. The van der Waals surface area contributed by atoms with E-state index in [4.69, 9.17) is 69.4 Å². The number of hydrogen-bond donors (Lipinski definition) is 4. The Kier molecular flexibility index (Phi) is 14.0. The molecule has 4 heterocycles. The van der Waals surface area contributed by atoms with Gasteiger partial charge in [0, 0.05) is 69.0 Å². The number of aliphatic carboxylic acids is 1. The van der Waals surface area contributed by atoms with E-state index in [9.17, 15) is 33.0 Å². The van der Waals surface area contributed by atoms with Crippen molar-refractivity contribution in [3.63, 3.8) is 0 Å². The minimum Gasteiger partial charge on any atom is -0.475 e. The van der Waals surface area contributed by atoms with E-state index in [1.54, 1.807) is 155 Å². The monoisotopic (exact) mass is 1060 g/mol. The molecule has 72 heavy (non-hydrogen) atoms. The number of benzene rings is 6. The summed E-state index contributed by atoms with van der Waals surface area (Å²) < 4.78 is 31.7. The fourth-order valence-corrected chi connectivity index (χ4v) is 10.1. The quantitative estimate of drug-likeness (QED) is 0.121. The number of urea groups is 2. The first-order valence-corrected chi connectivity index (χ1v) is 23.1. The van der Waals surface area contributed by atoms with Crippen LogP contribution >= 0.6 is 46.4 Å². The van der Waals surface area contributed by atoms with Gasteiger partial charge in [-0.05, 0) is 127 Å². The summed E-state index contributed by atoms with van der Waals surface area (Å²) in [6.07, 6.45) is -5.08. The van der Waals surface area contributed by atoms with Crippen LogP contribution in [0.1, 0.15) is 11.1 Å². The third kappa shape index (κ3) is 8.71. The van der Waals surface area contributed by atoms with Crippen molar-refractivity contribution in [3.8, 4) is 0 Å². The molecule has 4 saturated heterocycles. The molecule has 0 aromatic heterocycles. The summed E-state index contributed by atoms with van der Waals surface area (Å²) in [5, 5.41) is 37.5. The Morgan fingerprint density at radius 2 is 0.875 bits per heavy atom. The molecule has 6 aromatic rings. The molecular weight excluding hydrogens is 1020 g/mol. The zero-order valence-corrected chi connectivity index (χ0v) is 40.6. The number of amides is 4. The largest absolute Gasteiger partial charge is 0.490 e. The Bertz CT molecular complexity index is 3130. The van der Waals surface area contributed by atoms with Gasteiger partial charge in [-0.2, -0.15) is 13.2 Å². The number of carbonyl (C=O) groups is 3. The Hall–Kier alpha value is -6.90. The van der Waals surface area contributed by atoms with Crippen molar-refractivity contribution in [2.75, 3.05) is 52.8 Å². The van der Waals surface area contributed by atoms with E-state index in [-0.39, 0.29) is 12.1 Å². The average Bonchev–Trinajstić information content (AvgIpc) is 3.69. The van der Waals surface area contributed by atoms with Crippen LogP contribution in [0.15, 0.2) is 146 Å². The Morgan fingerprint density at radius 3 is 1.15 bits per heavy atom. The van der Waals surface area contributed by atoms with Gasteiger partial charge in [-0.1, -0.05) is 82.8 Å². The number of aliphatic hydroxyl groups is 2. The van der Waals surface area contributed by atoms with E-state index in [1.807, 2.05) is 11.9 Å². The maximum atomic E-state index is 14.1. The van der Waals surface area contributed by atoms with Gasteiger partial charge in [0.2, 0.25) is 0 Å². The van der Waals surface area contributed by atoms with Crippen molar-refractivity contribution < 1.29 is 42.9 Å². The number of anilines is 4. The molecule has 0 saturated carbocycles. The lowest BCUT2D eigenvalue weighted by molar-refractivity contribution is -0.192. The number of carboxylic acids is 1. The number of nitrogens with zero attached hydrogens (tertiary/aromatic N) is 7. The molecule has 2 atom stereocenters. The van der Waals surface area contributed by atoms with Gasteiger partial charge in [-0.3, -0.25) is 19.6 Å². The molecule has 0 aliphatic carbocycles. The lowest BCUT2D eigenvalue weighted by Crippen LogP contribution is -2.76. The molecule has 368 valence electrons. The van der Waals surface area contributed by atoms with Crippen molar-refractivity contribution in [2.45, 2.75) is 28.7 Å². The summed E-state index contributed by atoms with van der Waals surface area (Å²) in [6.45, 7) is 16.5. The van der Waals surface area contributed by atoms with Gasteiger partial charge in [-0.25, -0.2) is 24.1 Å². The molecular formula is C51H39Cl4F3N8O6. The number of nitrogens with one attached hydrogen (secondary N) is 1. The first-order valence-electron chi connectivity index (χ1n) is 21.6. The molecule has 4 fully saturated rings. The molecule has 14 nitrogen and oxygen atoms in total. The van der Waals surface area contributed by atoms with E-state index >= 15 is 0 Å². The van der Waals surface area contributed by atoms with Crippen LogP contribution in [0.5, 0.6) is 0 Å². The molecule has 0 bridgehead atoms. The second kappa shape index (κ2) is 19.6.